The summed E-state index contributed by atoms with van der Waals surface area (Å²) in [5, 5.41) is 2.49. The topological polar surface area (TPSA) is 8.17 Å². The van der Waals surface area contributed by atoms with E-state index >= 15 is 0 Å². The first-order chi connectivity index (χ1) is 33.8. The van der Waals surface area contributed by atoms with E-state index in [0.717, 1.165) is 33.9 Å². The van der Waals surface area contributed by atoms with Gasteiger partial charge in [-0.15, -0.1) is 0 Å². The molecule has 68 heavy (non-hydrogen) atoms. The third kappa shape index (κ3) is 7.45. The molecule has 2 nitrogen and oxygen atoms in total. The summed E-state index contributed by atoms with van der Waals surface area (Å²) in [4.78, 5) is 2.41. The van der Waals surface area contributed by atoms with E-state index in [9.17, 15) is 0 Å². The van der Waals surface area contributed by atoms with Crippen LogP contribution in [0.3, 0.4) is 0 Å². The van der Waals surface area contributed by atoms with Gasteiger partial charge in [-0.05, 0) is 122 Å². The van der Waals surface area contributed by atoms with E-state index in [0.29, 0.717) is 0 Å². The number of benzene rings is 11. The average molecular weight is 867 g/mol. The first kappa shape index (κ1) is 40.5. The lowest BCUT2D eigenvalue weighted by atomic mass is 9.93. The van der Waals surface area contributed by atoms with Crippen molar-refractivity contribution >= 4 is 38.9 Å². The number of hydrogen-bond donors (Lipinski definition) is 0. The Morgan fingerprint density at radius 1 is 0.250 bits per heavy atom. The maximum absolute atomic E-state index is 2.41. The molecular weight excluding hydrogens is 821 g/mol. The molecule has 0 N–H and O–H groups in total. The van der Waals surface area contributed by atoms with Gasteiger partial charge < -0.3 is 9.47 Å². The molecule has 0 aliphatic heterocycles. The molecule has 0 spiro atoms. The van der Waals surface area contributed by atoms with E-state index in [1.807, 2.05) is 0 Å². The van der Waals surface area contributed by atoms with E-state index in [-0.39, 0.29) is 0 Å². The van der Waals surface area contributed by atoms with E-state index in [1.165, 1.54) is 77.4 Å². The SMILES string of the molecule is c1ccc(-c2ccccc2-c2ccc(N(c3ccc(-c4ccccc4-c4ccccc4)cc3)c3ccccc3-c3cccc(-c4cccc5c4c4ccccc4n5-c4ccccc4)c3)cc2)cc1. The van der Waals surface area contributed by atoms with Gasteiger partial charge in [-0.3, -0.25) is 0 Å². The number of hydrogen-bond acceptors (Lipinski definition) is 1. The highest BCUT2D eigenvalue weighted by Gasteiger charge is 2.20. The van der Waals surface area contributed by atoms with Gasteiger partial charge in [-0.25, -0.2) is 0 Å². The minimum absolute atomic E-state index is 1.07. The fourth-order valence-electron chi connectivity index (χ4n) is 10.1. The van der Waals surface area contributed by atoms with Crippen molar-refractivity contribution in [3.05, 3.63) is 279 Å². The van der Waals surface area contributed by atoms with Gasteiger partial charge in [-0.1, -0.05) is 218 Å². The van der Waals surface area contributed by atoms with Crippen molar-refractivity contribution in [1.29, 1.82) is 0 Å². The van der Waals surface area contributed by atoms with Crippen LogP contribution in [0.1, 0.15) is 0 Å². The molecule has 2 heteroatoms. The van der Waals surface area contributed by atoms with Crippen molar-refractivity contribution in [3.8, 4) is 72.4 Å². The molecule has 0 aliphatic carbocycles. The minimum atomic E-state index is 1.07. The average Bonchev–Trinajstić information content (AvgIpc) is 3.77. The molecule has 1 aromatic heterocycles. The maximum Gasteiger partial charge on any atom is 0.0547 e. The summed E-state index contributed by atoms with van der Waals surface area (Å²) in [6.07, 6.45) is 0. The molecule has 12 rings (SSSR count). The number of nitrogens with zero attached hydrogens (tertiary/aromatic N) is 2. The Morgan fingerprint density at radius 2 is 0.632 bits per heavy atom. The molecule has 0 atom stereocenters. The van der Waals surface area contributed by atoms with Gasteiger partial charge >= 0.3 is 0 Å². The van der Waals surface area contributed by atoms with Crippen molar-refractivity contribution < 1.29 is 0 Å². The molecule has 12 aromatic rings. The molecular formula is C66H46N2. The van der Waals surface area contributed by atoms with Crippen molar-refractivity contribution in [2.24, 2.45) is 0 Å². The Hall–Kier alpha value is -8.98. The second-order valence-corrected chi connectivity index (χ2v) is 17.2. The summed E-state index contributed by atoms with van der Waals surface area (Å²) < 4.78 is 2.39. The summed E-state index contributed by atoms with van der Waals surface area (Å²) in [5.74, 6) is 0. The van der Waals surface area contributed by atoms with Gasteiger partial charge in [0.05, 0.1) is 16.7 Å². The maximum atomic E-state index is 2.41. The fraction of sp³-hybridized carbons (Fsp3) is 0. The first-order valence-corrected chi connectivity index (χ1v) is 23.3. The number of rotatable bonds is 10. The minimum Gasteiger partial charge on any atom is -0.310 e. The van der Waals surface area contributed by atoms with Crippen LogP contribution < -0.4 is 4.90 Å². The monoisotopic (exact) mass is 866 g/mol. The van der Waals surface area contributed by atoms with Crippen molar-refractivity contribution in [2.45, 2.75) is 0 Å². The van der Waals surface area contributed by atoms with Gasteiger partial charge in [0, 0.05) is 33.4 Å². The second kappa shape index (κ2) is 17.8. The smallest absolute Gasteiger partial charge is 0.0547 e. The number of aromatic nitrogens is 1. The number of fused-ring (bicyclic) bond motifs is 3. The van der Waals surface area contributed by atoms with E-state index in [1.54, 1.807) is 0 Å². The molecule has 11 aromatic carbocycles. The zero-order valence-electron chi connectivity index (χ0n) is 37.5. The van der Waals surface area contributed by atoms with Crippen LogP contribution in [-0.2, 0) is 0 Å². The Bertz CT molecular complexity index is 3580. The second-order valence-electron chi connectivity index (χ2n) is 17.2. The summed E-state index contributed by atoms with van der Waals surface area (Å²) in [7, 11) is 0. The van der Waals surface area contributed by atoms with Crippen LogP contribution in [0.15, 0.2) is 279 Å². The lowest BCUT2D eigenvalue weighted by Crippen LogP contribution is -2.11. The standard InChI is InChI=1S/C66H46N2/c1-4-20-47(21-5-1)56-28-10-12-30-58(56)49-38-42-54(43-39-49)67(55-44-40-50(41-45-55)59-31-13-11-29-57(59)48-22-6-2-7-23-48)63-35-16-14-32-60(63)51-24-18-25-52(46-51)61-34-19-37-65-66(61)62-33-15-17-36-64(62)68(65)53-26-8-3-9-27-53/h1-46H. The quantitative estimate of drug-likeness (QED) is 0.133. The molecule has 0 fully saturated rings. The third-order valence-electron chi connectivity index (χ3n) is 13.2. The zero-order chi connectivity index (χ0) is 45.2. The summed E-state index contributed by atoms with van der Waals surface area (Å²) in [6.45, 7) is 0. The van der Waals surface area contributed by atoms with Crippen molar-refractivity contribution in [1.82, 2.24) is 4.57 Å². The normalized spacial score (nSPS) is 11.2. The number of anilines is 3. The van der Waals surface area contributed by atoms with Crippen LogP contribution in [0.5, 0.6) is 0 Å². The number of para-hydroxylation sites is 3. The molecule has 0 unspecified atom stereocenters. The van der Waals surface area contributed by atoms with Gasteiger partial charge in [0.2, 0.25) is 0 Å². The molecule has 0 radical (unpaired) electrons. The lowest BCUT2D eigenvalue weighted by Gasteiger charge is -2.28. The van der Waals surface area contributed by atoms with Gasteiger partial charge in [0.15, 0.2) is 0 Å². The van der Waals surface area contributed by atoms with E-state index < -0.39 is 0 Å². The van der Waals surface area contributed by atoms with Crippen LogP contribution in [0.25, 0.3) is 94.3 Å². The van der Waals surface area contributed by atoms with Crippen molar-refractivity contribution in [3.63, 3.8) is 0 Å². The van der Waals surface area contributed by atoms with E-state index in [4.69, 9.17) is 0 Å². The van der Waals surface area contributed by atoms with Crippen LogP contribution in [0.4, 0.5) is 17.1 Å². The highest BCUT2D eigenvalue weighted by atomic mass is 15.1. The molecule has 0 amide bonds. The van der Waals surface area contributed by atoms with Gasteiger partial charge in [0.1, 0.15) is 0 Å². The molecule has 0 bridgehead atoms. The Labute approximate surface area is 397 Å². The summed E-state index contributed by atoms with van der Waals surface area (Å²) in [6, 6.07) is 101. The molecule has 1 heterocycles. The highest BCUT2D eigenvalue weighted by molar-refractivity contribution is 6.16. The third-order valence-corrected chi connectivity index (χ3v) is 13.2. The van der Waals surface area contributed by atoms with Crippen LogP contribution >= 0.6 is 0 Å². The molecule has 0 saturated carbocycles. The zero-order valence-corrected chi connectivity index (χ0v) is 37.5. The van der Waals surface area contributed by atoms with Crippen molar-refractivity contribution in [2.75, 3.05) is 4.90 Å². The highest BCUT2D eigenvalue weighted by Crippen LogP contribution is 2.45. The Morgan fingerprint density at radius 3 is 1.19 bits per heavy atom. The summed E-state index contributed by atoms with van der Waals surface area (Å²) in [5.41, 5.74) is 21.1. The predicted molar refractivity (Wildman–Crippen MR) is 288 cm³/mol. The van der Waals surface area contributed by atoms with Crippen LogP contribution in [0.2, 0.25) is 0 Å². The first-order valence-electron chi connectivity index (χ1n) is 23.3. The molecule has 0 aliphatic rings. The molecule has 320 valence electrons. The summed E-state index contributed by atoms with van der Waals surface area (Å²) >= 11 is 0. The van der Waals surface area contributed by atoms with Gasteiger partial charge in [0.25, 0.3) is 0 Å². The van der Waals surface area contributed by atoms with E-state index in [2.05, 4.69) is 289 Å². The Kier molecular flexibility index (Phi) is 10.6. The van der Waals surface area contributed by atoms with Crippen LogP contribution in [-0.4, -0.2) is 4.57 Å². The molecule has 0 saturated heterocycles. The predicted octanol–water partition coefficient (Wildman–Crippen LogP) is 18.3. The fourth-order valence-corrected chi connectivity index (χ4v) is 10.1. The van der Waals surface area contributed by atoms with Gasteiger partial charge in [-0.2, -0.15) is 0 Å². The Balaban J connectivity index is 0.990. The lowest BCUT2D eigenvalue weighted by molar-refractivity contribution is 1.18. The largest absolute Gasteiger partial charge is 0.310 e. The van der Waals surface area contributed by atoms with Crippen LogP contribution in [0, 0.1) is 0 Å².